The van der Waals surface area contributed by atoms with Gasteiger partial charge in [0.25, 0.3) is 0 Å². The quantitative estimate of drug-likeness (QED) is 0.349. The Morgan fingerprint density at radius 2 is 2.00 bits per heavy atom. The van der Waals surface area contributed by atoms with Crippen LogP contribution in [0.25, 0.3) is 0 Å². The zero-order valence-electron chi connectivity index (χ0n) is 9.26. The van der Waals surface area contributed by atoms with Crippen LogP contribution in [-0.2, 0) is 6.54 Å². The van der Waals surface area contributed by atoms with E-state index >= 15 is 0 Å². The van der Waals surface area contributed by atoms with E-state index in [1.54, 1.807) is 0 Å². The molecule has 0 spiro atoms. The maximum Gasteiger partial charge on any atom is 0.170 e. The monoisotopic (exact) mass is 219 g/mol. The number of likely N-dealkylation sites (tertiary alicyclic amines) is 1. The number of rotatable bonds is 3. The molecule has 0 saturated carbocycles. The summed E-state index contributed by atoms with van der Waals surface area (Å²) in [6.45, 7) is 3.17. The van der Waals surface area contributed by atoms with E-state index in [2.05, 4.69) is 10.1 Å². The molecule has 0 aromatic heterocycles. The largest absolute Gasteiger partial charge is 0.409 e. The fraction of sp³-hybridized carbons (Fsp3) is 0.417. The van der Waals surface area contributed by atoms with Crippen molar-refractivity contribution in [2.45, 2.75) is 19.4 Å². The normalized spacial score (nSPS) is 17.9. The number of nitrogens with zero attached hydrogens (tertiary/aromatic N) is 2. The first-order chi connectivity index (χ1) is 7.81. The van der Waals surface area contributed by atoms with Crippen molar-refractivity contribution in [2.75, 3.05) is 13.1 Å². The molecule has 0 amide bonds. The Balaban J connectivity index is 2.19. The summed E-state index contributed by atoms with van der Waals surface area (Å²) in [5.74, 6) is 0.190. The molecule has 0 atom stereocenters. The van der Waals surface area contributed by atoms with Gasteiger partial charge < -0.3 is 10.9 Å². The van der Waals surface area contributed by atoms with Gasteiger partial charge in [0.05, 0.1) is 0 Å². The predicted molar refractivity (Wildman–Crippen MR) is 63.5 cm³/mol. The van der Waals surface area contributed by atoms with Gasteiger partial charge in [-0.1, -0.05) is 29.4 Å². The van der Waals surface area contributed by atoms with Gasteiger partial charge in [0.2, 0.25) is 0 Å². The molecule has 1 aliphatic rings. The van der Waals surface area contributed by atoms with Crippen LogP contribution in [0.15, 0.2) is 29.4 Å². The molecule has 1 heterocycles. The zero-order valence-corrected chi connectivity index (χ0v) is 9.26. The summed E-state index contributed by atoms with van der Waals surface area (Å²) in [5.41, 5.74) is 7.61. The Bertz CT molecular complexity index is 384. The summed E-state index contributed by atoms with van der Waals surface area (Å²) >= 11 is 0. The van der Waals surface area contributed by atoms with Crippen molar-refractivity contribution >= 4 is 5.84 Å². The molecule has 0 radical (unpaired) electrons. The molecule has 1 fully saturated rings. The molecule has 1 aromatic rings. The van der Waals surface area contributed by atoms with Crippen LogP contribution in [0.3, 0.4) is 0 Å². The van der Waals surface area contributed by atoms with Crippen LogP contribution in [0.2, 0.25) is 0 Å². The average molecular weight is 219 g/mol. The Hall–Kier alpha value is -1.55. The summed E-state index contributed by atoms with van der Waals surface area (Å²) < 4.78 is 0. The second-order valence-corrected chi connectivity index (χ2v) is 4.13. The van der Waals surface area contributed by atoms with Crippen molar-refractivity contribution < 1.29 is 5.21 Å². The summed E-state index contributed by atoms with van der Waals surface area (Å²) in [6, 6.07) is 7.81. The second kappa shape index (κ2) is 4.99. The van der Waals surface area contributed by atoms with Crippen LogP contribution in [0.4, 0.5) is 0 Å². The Morgan fingerprint density at radius 1 is 1.31 bits per heavy atom. The fourth-order valence-corrected chi connectivity index (χ4v) is 2.14. The zero-order chi connectivity index (χ0) is 11.4. The lowest BCUT2D eigenvalue weighted by atomic mass is 10.1. The van der Waals surface area contributed by atoms with E-state index in [9.17, 15) is 0 Å². The molecule has 3 N–H and O–H groups in total. The van der Waals surface area contributed by atoms with Crippen molar-refractivity contribution in [3.8, 4) is 0 Å². The minimum absolute atomic E-state index is 0.190. The third kappa shape index (κ3) is 2.33. The first-order valence-electron chi connectivity index (χ1n) is 5.59. The van der Waals surface area contributed by atoms with Crippen LogP contribution in [-0.4, -0.2) is 29.0 Å². The smallest absolute Gasteiger partial charge is 0.170 e. The number of oxime groups is 1. The van der Waals surface area contributed by atoms with Gasteiger partial charge in [0, 0.05) is 12.1 Å². The summed E-state index contributed by atoms with van der Waals surface area (Å²) in [6.07, 6.45) is 2.54. The van der Waals surface area contributed by atoms with Crippen LogP contribution in [0.5, 0.6) is 0 Å². The first kappa shape index (κ1) is 11.0. The highest BCUT2D eigenvalue weighted by Gasteiger charge is 2.14. The third-order valence-electron chi connectivity index (χ3n) is 2.99. The topological polar surface area (TPSA) is 61.9 Å². The van der Waals surface area contributed by atoms with Gasteiger partial charge in [-0.05, 0) is 31.5 Å². The Morgan fingerprint density at radius 3 is 2.69 bits per heavy atom. The molecule has 0 unspecified atom stereocenters. The van der Waals surface area contributed by atoms with Crippen LogP contribution in [0, 0.1) is 0 Å². The first-order valence-corrected chi connectivity index (χ1v) is 5.59. The minimum atomic E-state index is 0.190. The van der Waals surface area contributed by atoms with Crippen molar-refractivity contribution in [3.05, 3.63) is 35.4 Å². The van der Waals surface area contributed by atoms with E-state index in [-0.39, 0.29) is 5.84 Å². The molecule has 4 heteroatoms. The minimum Gasteiger partial charge on any atom is -0.409 e. The van der Waals surface area contributed by atoms with E-state index in [4.69, 9.17) is 10.9 Å². The molecule has 16 heavy (non-hydrogen) atoms. The van der Waals surface area contributed by atoms with Gasteiger partial charge in [-0.25, -0.2) is 0 Å². The molecular formula is C12H17N3O. The molecule has 2 rings (SSSR count). The van der Waals surface area contributed by atoms with Gasteiger partial charge in [-0.3, -0.25) is 4.90 Å². The van der Waals surface area contributed by atoms with E-state index in [0.717, 1.165) is 30.8 Å². The van der Waals surface area contributed by atoms with E-state index in [1.165, 1.54) is 12.8 Å². The van der Waals surface area contributed by atoms with Crippen LogP contribution in [0.1, 0.15) is 24.0 Å². The van der Waals surface area contributed by atoms with Gasteiger partial charge in [-0.2, -0.15) is 0 Å². The van der Waals surface area contributed by atoms with Gasteiger partial charge in [0.15, 0.2) is 5.84 Å². The highest BCUT2D eigenvalue weighted by atomic mass is 16.4. The number of benzene rings is 1. The molecular weight excluding hydrogens is 202 g/mol. The Kier molecular flexibility index (Phi) is 3.41. The lowest BCUT2D eigenvalue weighted by Gasteiger charge is -2.16. The number of nitrogens with two attached hydrogens (primary N) is 1. The van der Waals surface area contributed by atoms with Crippen molar-refractivity contribution in [1.82, 2.24) is 4.90 Å². The van der Waals surface area contributed by atoms with E-state index < -0.39 is 0 Å². The molecule has 1 saturated heterocycles. The maximum absolute atomic E-state index is 8.72. The van der Waals surface area contributed by atoms with Crippen LogP contribution >= 0.6 is 0 Å². The summed E-state index contributed by atoms with van der Waals surface area (Å²) in [5, 5.41) is 11.8. The lowest BCUT2D eigenvalue weighted by molar-refractivity contribution is 0.317. The van der Waals surface area contributed by atoms with Gasteiger partial charge in [-0.15, -0.1) is 0 Å². The molecule has 0 bridgehead atoms. The fourth-order valence-electron chi connectivity index (χ4n) is 2.14. The molecule has 1 aromatic carbocycles. The third-order valence-corrected chi connectivity index (χ3v) is 2.99. The van der Waals surface area contributed by atoms with Gasteiger partial charge in [0.1, 0.15) is 0 Å². The highest BCUT2D eigenvalue weighted by Crippen LogP contribution is 2.15. The second-order valence-electron chi connectivity index (χ2n) is 4.13. The van der Waals surface area contributed by atoms with Crippen molar-refractivity contribution in [2.24, 2.45) is 10.9 Å². The average Bonchev–Trinajstić information content (AvgIpc) is 2.82. The molecule has 0 aliphatic carbocycles. The highest BCUT2D eigenvalue weighted by molar-refractivity contribution is 5.98. The molecule has 1 aliphatic heterocycles. The van der Waals surface area contributed by atoms with Crippen LogP contribution < -0.4 is 5.73 Å². The predicted octanol–water partition coefficient (Wildman–Crippen LogP) is 1.38. The SMILES string of the molecule is N/C(=N\O)c1ccccc1CN1CCCC1. The summed E-state index contributed by atoms with van der Waals surface area (Å²) in [4.78, 5) is 2.39. The van der Waals surface area contributed by atoms with Crippen molar-refractivity contribution in [1.29, 1.82) is 0 Å². The standard InChI is InChI=1S/C12H17N3O/c13-12(14-16)11-6-2-1-5-10(11)9-15-7-3-4-8-15/h1-2,5-6,16H,3-4,7-9H2,(H2,13,14). The number of amidine groups is 1. The lowest BCUT2D eigenvalue weighted by Crippen LogP contribution is -2.22. The molecule has 86 valence electrons. The maximum atomic E-state index is 8.72. The summed E-state index contributed by atoms with van der Waals surface area (Å²) in [7, 11) is 0. The van der Waals surface area contributed by atoms with E-state index in [1.807, 2.05) is 24.3 Å². The van der Waals surface area contributed by atoms with Crippen molar-refractivity contribution in [3.63, 3.8) is 0 Å². The molecule has 4 nitrogen and oxygen atoms in total. The number of hydrogen-bond acceptors (Lipinski definition) is 3. The van der Waals surface area contributed by atoms with Gasteiger partial charge >= 0.3 is 0 Å². The number of hydrogen-bond donors (Lipinski definition) is 2. The Labute approximate surface area is 95.4 Å². The van der Waals surface area contributed by atoms with E-state index in [0.29, 0.717) is 0 Å².